The van der Waals surface area contributed by atoms with E-state index in [2.05, 4.69) is 5.32 Å². The van der Waals surface area contributed by atoms with Crippen LogP contribution in [0.15, 0.2) is 36.4 Å². The van der Waals surface area contributed by atoms with Gasteiger partial charge in [-0.3, -0.25) is 14.9 Å². The normalized spacial score (nSPS) is 9.25. The highest BCUT2D eigenvalue weighted by molar-refractivity contribution is 6.34. The molecule has 0 unspecified atom stereocenters. The third-order valence-electron chi connectivity index (χ3n) is 2.61. The molecule has 0 aliphatic rings. The number of benzene rings is 2. The first-order valence-corrected chi connectivity index (χ1v) is 7.10. The summed E-state index contributed by atoms with van der Waals surface area (Å²) in [5.74, 6) is -0.874. The van der Waals surface area contributed by atoms with Gasteiger partial charge in [-0.05, 0) is 24.3 Å². The summed E-state index contributed by atoms with van der Waals surface area (Å²) in [6.45, 7) is 1.43. The maximum absolute atomic E-state index is 12.0. The van der Waals surface area contributed by atoms with Crippen molar-refractivity contribution < 1.29 is 14.8 Å². The van der Waals surface area contributed by atoms with Crippen molar-refractivity contribution >= 4 is 40.5 Å². The van der Waals surface area contributed by atoms with Crippen molar-refractivity contribution in [2.45, 2.75) is 6.92 Å². The number of non-ortho nitro benzene ring substituents is 1. The zero-order valence-electron chi connectivity index (χ0n) is 12.3. The molecule has 2 aromatic rings. The maximum Gasteiger partial charge on any atom is 0.271 e. The number of carbonyl (C=O) groups excluding carboxylic acids is 1. The second-order valence-electron chi connectivity index (χ2n) is 4.26. The van der Waals surface area contributed by atoms with Crippen LogP contribution in [0.2, 0.25) is 10.0 Å². The first-order valence-electron chi connectivity index (χ1n) is 6.34. The van der Waals surface area contributed by atoms with E-state index in [1.165, 1.54) is 37.3 Å². The fraction of sp³-hybridized carbons (Fsp3) is 0.0667. The van der Waals surface area contributed by atoms with Gasteiger partial charge in [0.15, 0.2) is 0 Å². The number of carbonyl (C=O) groups is 1. The number of nitro benzene ring substituents is 1. The molecule has 0 bridgehead atoms. The van der Waals surface area contributed by atoms with Crippen LogP contribution in [0.4, 0.5) is 11.4 Å². The molecule has 7 nitrogen and oxygen atoms in total. The summed E-state index contributed by atoms with van der Waals surface area (Å²) < 4.78 is 0. The molecule has 0 aliphatic carbocycles. The summed E-state index contributed by atoms with van der Waals surface area (Å²) in [5.41, 5.74) is -0.0350. The number of nitrogens with one attached hydrogen (secondary N) is 1. The number of halogens is 2. The number of amides is 1. The number of phenolic OH excluding ortho intramolecular Hbond substituents is 1. The van der Waals surface area contributed by atoms with Gasteiger partial charge in [0.25, 0.3) is 11.6 Å². The highest BCUT2D eigenvalue weighted by Gasteiger charge is 2.15. The maximum atomic E-state index is 12.0. The molecule has 24 heavy (non-hydrogen) atoms. The molecule has 0 atom stereocenters. The van der Waals surface area contributed by atoms with Crippen LogP contribution in [0.5, 0.6) is 5.75 Å². The Morgan fingerprint density at radius 2 is 1.92 bits per heavy atom. The zero-order chi connectivity index (χ0) is 18.3. The van der Waals surface area contributed by atoms with Gasteiger partial charge in [0.1, 0.15) is 5.75 Å². The molecule has 0 radical (unpaired) electrons. The molecular formula is C15H11Cl2N3O4. The molecule has 2 aromatic carbocycles. The van der Waals surface area contributed by atoms with E-state index in [9.17, 15) is 20.0 Å². The highest BCUT2D eigenvalue weighted by Crippen LogP contribution is 2.28. The van der Waals surface area contributed by atoms with E-state index in [-0.39, 0.29) is 32.7 Å². The monoisotopic (exact) mass is 367 g/mol. The molecule has 0 spiro atoms. The molecule has 124 valence electrons. The Labute approximate surface area is 147 Å². The Balaban J connectivity index is 0.000000891. The number of phenols is 1. The summed E-state index contributed by atoms with van der Waals surface area (Å²) in [7, 11) is 0. The third kappa shape index (κ3) is 5.12. The Morgan fingerprint density at radius 3 is 2.46 bits per heavy atom. The van der Waals surface area contributed by atoms with E-state index in [4.69, 9.17) is 28.5 Å². The van der Waals surface area contributed by atoms with E-state index < -0.39 is 10.8 Å². The minimum atomic E-state index is -0.634. The Morgan fingerprint density at radius 1 is 1.29 bits per heavy atom. The van der Waals surface area contributed by atoms with Crippen molar-refractivity contribution in [3.8, 4) is 11.8 Å². The molecule has 0 saturated heterocycles. The Bertz CT molecular complexity index is 819. The van der Waals surface area contributed by atoms with Crippen molar-refractivity contribution in [1.82, 2.24) is 0 Å². The zero-order valence-corrected chi connectivity index (χ0v) is 13.8. The number of nitriles is 1. The van der Waals surface area contributed by atoms with E-state index in [1.54, 1.807) is 6.07 Å². The minimum absolute atomic E-state index is 0.0130. The van der Waals surface area contributed by atoms with E-state index in [1.807, 2.05) is 0 Å². The van der Waals surface area contributed by atoms with Crippen LogP contribution >= 0.6 is 23.2 Å². The van der Waals surface area contributed by atoms with E-state index >= 15 is 0 Å². The first-order chi connectivity index (χ1) is 11.3. The Hall–Kier alpha value is -2.82. The molecule has 2 N–H and O–H groups in total. The topological polar surface area (TPSA) is 116 Å². The quantitative estimate of drug-likeness (QED) is 0.616. The molecule has 9 heteroatoms. The molecule has 1 amide bonds. The molecule has 0 heterocycles. The van der Waals surface area contributed by atoms with E-state index in [0.717, 1.165) is 6.07 Å². The fourth-order valence-electron chi connectivity index (χ4n) is 1.60. The summed E-state index contributed by atoms with van der Waals surface area (Å²) >= 11 is 11.6. The lowest BCUT2D eigenvalue weighted by molar-refractivity contribution is -0.384. The number of hydrogen-bond acceptors (Lipinski definition) is 5. The largest absolute Gasteiger partial charge is 0.507 e. The van der Waals surface area contributed by atoms with Crippen molar-refractivity contribution in [3.05, 3.63) is 62.1 Å². The van der Waals surface area contributed by atoms with Crippen LogP contribution in [-0.4, -0.2) is 15.9 Å². The van der Waals surface area contributed by atoms with Crippen molar-refractivity contribution in [1.29, 1.82) is 5.26 Å². The predicted molar refractivity (Wildman–Crippen MR) is 90.5 cm³/mol. The molecule has 0 fully saturated rings. The van der Waals surface area contributed by atoms with Crippen LogP contribution in [0.1, 0.15) is 17.3 Å². The molecule has 0 aromatic heterocycles. The Kier molecular flexibility index (Phi) is 6.98. The molecular weight excluding hydrogens is 357 g/mol. The fourth-order valence-corrected chi connectivity index (χ4v) is 1.99. The standard InChI is InChI=1S/C13H8Cl2N2O4.C2H3N/c14-7-1-4-12(18)9(5-7)13(19)16-11-3-2-8(17(20)21)6-10(11)15;1-2-3/h1-6,18H,(H,16,19);1H3. The van der Waals surface area contributed by atoms with Crippen LogP contribution in [0, 0.1) is 21.4 Å². The van der Waals surface area contributed by atoms with Gasteiger partial charge in [-0.25, -0.2) is 0 Å². The van der Waals surface area contributed by atoms with Gasteiger partial charge in [-0.2, -0.15) is 5.26 Å². The lowest BCUT2D eigenvalue weighted by Gasteiger charge is -2.08. The summed E-state index contributed by atoms with van der Waals surface area (Å²) in [6, 6.07) is 9.40. The lowest BCUT2D eigenvalue weighted by Crippen LogP contribution is -2.12. The van der Waals surface area contributed by atoms with Crippen molar-refractivity contribution in [3.63, 3.8) is 0 Å². The van der Waals surface area contributed by atoms with Gasteiger partial charge in [0.05, 0.1) is 27.3 Å². The second kappa shape index (κ2) is 8.72. The number of nitrogens with zero attached hydrogens (tertiary/aromatic N) is 2. The first kappa shape index (κ1) is 19.2. The van der Waals surface area contributed by atoms with Gasteiger partial charge in [0, 0.05) is 24.1 Å². The minimum Gasteiger partial charge on any atom is -0.507 e. The van der Waals surface area contributed by atoms with Gasteiger partial charge in [-0.15, -0.1) is 0 Å². The van der Waals surface area contributed by atoms with Gasteiger partial charge < -0.3 is 10.4 Å². The predicted octanol–water partition coefficient (Wildman–Crippen LogP) is 4.39. The van der Waals surface area contributed by atoms with Crippen LogP contribution in [0.25, 0.3) is 0 Å². The summed E-state index contributed by atoms with van der Waals surface area (Å²) in [4.78, 5) is 22.0. The van der Waals surface area contributed by atoms with Crippen molar-refractivity contribution in [2.75, 3.05) is 5.32 Å². The van der Waals surface area contributed by atoms with E-state index in [0.29, 0.717) is 0 Å². The van der Waals surface area contributed by atoms with Gasteiger partial charge >= 0.3 is 0 Å². The number of rotatable bonds is 3. The number of nitro groups is 1. The molecule has 0 aliphatic heterocycles. The lowest BCUT2D eigenvalue weighted by atomic mass is 10.2. The summed E-state index contributed by atoms with van der Waals surface area (Å²) in [5, 5.41) is 30.3. The molecule has 0 saturated carbocycles. The van der Waals surface area contributed by atoms with Crippen LogP contribution in [-0.2, 0) is 0 Å². The average Bonchev–Trinajstić information content (AvgIpc) is 2.52. The van der Waals surface area contributed by atoms with Crippen LogP contribution < -0.4 is 5.32 Å². The van der Waals surface area contributed by atoms with Crippen LogP contribution in [0.3, 0.4) is 0 Å². The van der Waals surface area contributed by atoms with Crippen molar-refractivity contribution in [2.24, 2.45) is 0 Å². The van der Waals surface area contributed by atoms with Gasteiger partial charge in [0.2, 0.25) is 0 Å². The number of aromatic hydroxyl groups is 1. The SMILES string of the molecule is CC#N.O=C(Nc1ccc([N+](=O)[O-])cc1Cl)c1cc(Cl)ccc1O. The third-order valence-corrected chi connectivity index (χ3v) is 3.16. The summed E-state index contributed by atoms with van der Waals surface area (Å²) in [6.07, 6.45) is 0. The smallest absolute Gasteiger partial charge is 0.271 e. The average molecular weight is 368 g/mol. The number of hydrogen-bond donors (Lipinski definition) is 2. The van der Waals surface area contributed by atoms with Gasteiger partial charge in [-0.1, -0.05) is 23.2 Å². The highest BCUT2D eigenvalue weighted by atomic mass is 35.5. The number of anilines is 1. The molecule has 2 rings (SSSR count). The second-order valence-corrected chi connectivity index (χ2v) is 5.10.